The first kappa shape index (κ1) is 7.92. The Labute approximate surface area is 82.4 Å². The largest absolute Gasteiger partial charge is 0.318 e. The van der Waals surface area contributed by atoms with Gasteiger partial charge in [-0.15, -0.1) is 0 Å². The number of anilines is 1. The van der Waals surface area contributed by atoms with Crippen molar-refractivity contribution < 1.29 is 0 Å². The topological polar surface area (TPSA) is 12.0 Å². The fourth-order valence-corrected chi connectivity index (χ4v) is 3.20. The van der Waals surface area contributed by atoms with Crippen LogP contribution in [0.3, 0.4) is 0 Å². The zero-order valence-electron chi connectivity index (χ0n) is 5.23. The summed E-state index contributed by atoms with van der Waals surface area (Å²) >= 11 is 11.7. The van der Waals surface area contributed by atoms with E-state index in [4.69, 9.17) is 23.2 Å². The Balaban J connectivity index is 2.62. The molecule has 1 nitrogen and oxygen atoms in total. The summed E-state index contributed by atoms with van der Waals surface area (Å²) < 4.78 is 3.07. The molecule has 11 heavy (non-hydrogen) atoms. The first-order chi connectivity index (χ1) is 5.29. The number of hydrogen-bond donors (Lipinski definition) is 1. The standard InChI is InChI=1S/C6H3Cl2NS2/c7-3-1-2-4-6(5(3)8)9-11-10-4/h1-2,9H. The van der Waals surface area contributed by atoms with Crippen LogP contribution in [0.5, 0.6) is 0 Å². The first-order valence-electron chi connectivity index (χ1n) is 2.86. The minimum atomic E-state index is 0.598. The molecule has 58 valence electrons. The zero-order chi connectivity index (χ0) is 7.84. The van der Waals surface area contributed by atoms with E-state index in [0.29, 0.717) is 10.0 Å². The van der Waals surface area contributed by atoms with E-state index >= 15 is 0 Å². The van der Waals surface area contributed by atoms with Crippen LogP contribution in [-0.4, -0.2) is 0 Å². The highest BCUT2D eigenvalue weighted by Crippen LogP contribution is 2.49. The SMILES string of the molecule is Clc1ccc2c(c1Cl)NSS2. The van der Waals surface area contributed by atoms with Gasteiger partial charge in [0.2, 0.25) is 0 Å². The monoisotopic (exact) mass is 223 g/mol. The quantitative estimate of drug-likeness (QED) is 0.526. The molecular formula is C6H3Cl2NS2. The second-order valence-corrected chi connectivity index (χ2v) is 4.77. The van der Waals surface area contributed by atoms with Gasteiger partial charge in [0, 0.05) is 15.9 Å². The van der Waals surface area contributed by atoms with Crippen LogP contribution in [0.15, 0.2) is 17.0 Å². The van der Waals surface area contributed by atoms with Gasteiger partial charge in [-0.05, 0) is 22.9 Å². The van der Waals surface area contributed by atoms with Crippen LogP contribution in [0.1, 0.15) is 0 Å². The van der Waals surface area contributed by atoms with Gasteiger partial charge in [0.1, 0.15) is 0 Å². The Morgan fingerprint density at radius 1 is 1.27 bits per heavy atom. The maximum absolute atomic E-state index is 5.92. The third kappa shape index (κ3) is 1.31. The molecule has 0 bridgehead atoms. The smallest absolute Gasteiger partial charge is 0.0844 e. The van der Waals surface area contributed by atoms with Gasteiger partial charge >= 0.3 is 0 Å². The molecule has 5 heteroatoms. The van der Waals surface area contributed by atoms with Gasteiger partial charge in [0.15, 0.2) is 0 Å². The Morgan fingerprint density at radius 2 is 2.09 bits per heavy atom. The van der Waals surface area contributed by atoms with Crippen LogP contribution in [-0.2, 0) is 0 Å². The third-order valence-corrected chi connectivity index (χ3v) is 4.07. The lowest BCUT2D eigenvalue weighted by molar-refractivity contribution is 1.48. The highest BCUT2D eigenvalue weighted by molar-refractivity contribution is 8.77. The molecule has 2 rings (SSSR count). The molecule has 0 fully saturated rings. The molecule has 1 aliphatic heterocycles. The molecule has 0 amide bonds. The molecule has 0 atom stereocenters. The second kappa shape index (κ2) is 2.98. The van der Waals surface area contributed by atoms with Gasteiger partial charge in [-0.2, -0.15) is 0 Å². The summed E-state index contributed by atoms with van der Waals surface area (Å²) in [6.45, 7) is 0. The van der Waals surface area contributed by atoms with Crippen molar-refractivity contribution in [1.82, 2.24) is 0 Å². The predicted molar refractivity (Wildman–Crippen MR) is 53.5 cm³/mol. The van der Waals surface area contributed by atoms with Crippen molar-refractivity contribution in [2.45, 2.75) is 4.90 Å². The van der Waals surface area contributed by atoms with E-state index in [1.165, 1.54) is 0 Å². The van der Waals surface area contributed by atoms with Crippen molar-refractivity contribution in [2.75, 3.05) is 4.72 Å². The van der Waals surface area contributed by atoms with Crippen LogP contribution < -0.4 is 4.72 Å². The summed E-state index contributed by atoms with van der Waals surface area (Å²) in [4.78, 5) is 1.14. The average molecular weight is 224 g/mol. The Hall–Kier alpha value is 0.300. The van der Waals surface area contributed by atoms with Crippen LogP contribution in [0.25, 0.3) is 0 Å². The van der Waals surface area contributed by atoms with Gasteiger partial charge in [-0.1, -0.05) is 23.2 Å². The molecule has 0 radical (unpaired) electrons. The molecule has 1 aliphatic rings. The molecule has 0 unspecified atom stereocenters. The molecule has 0 saturated heterocycles. The van der Waals surface area contributed by atoms with Crippen molar-refractivity contribution in [3.63, 3.8) is 0 Å². The number of nitrogens with one attached hydrogen (secondary N) is 1. The summed E-state index contributed by atoms with van der Waals surface area (Å²) in [6, 6.07) is 3.77. The van der Waals surface area contributed by atoms with Gasteiger partial charge in [0.05, 0.1) is 15.7 Å². The zero-order valence-corrected chi connectivity index (χ0v) is 8.37. The fourth-order valence-electron chi connectivity index (χ4n) is 0.805. The molecule has 0 aliphatic carbocycles. The van der Waals surface area contributed by atoms with E-state index < -0.39 is 0 Å². The van der Waals surface area contributed by atoms with Crippen LogP contribution >= 0.6 is 45.0 Å². The fraction of sp³-hybridized carbons (Fsp3) is 0. The number of hydrogen-bond acceptors (Lipinski definition) is 3. The van der Waals surface area contributed by atoms with Gasteiger partial charge in [-0.25, -0.2) is 0 Å². The Morgan fingerprint density at radius 3 is 2.91 bits per heavy atom. The van der Waals surface area contributed by atoms with Crippen LogP contribution in [0, 0.1) is 0 Å². The first-order valence-corrected chi connectivity index (χ1v) is 5.77. The molecule has 0 saturated carbocycles. The third-order valence-electron chi connectivity index (χ3n) is 1.33. The van der Waals surface area contributed by atoms with E-state index in [9.17, 15) is 0 Å². The van der Waals surface area contributed by atoms with Crippen LogP contribution in [0.2, 0.25) is 10.0 Å². The number of benzene rings is 1. The summed E-state index contributed by atoms with van der Waals surface area (Å²) in [7, 11) is 3.20. The molecule has 1 aromatic rings. The summed E-state index contributed by atoms with van der Waals surface area (Å²) in [5.74, 6) is 0. The summed E-state index contributed by atoms with van der Waals surface area (Å²) in [6.07, 6.45) is 0. The molecule has 1 N–H and O–H groups in total. The lowest BCUT2D eigenvalue weighted by atomic mass is 10.3. The van der Waals surface area contributed by atoms with Crippen molar-refractivity contribution in [2.24, 2.45) is 0 Å². The highest BCUT2D eigenvalue weighted by atomic mass is 35.5. The predicted octanol–water partition coefficient (Wildman–Crippen LogP) is 4.07. The molecule has 1 aromatic carbocycles. The second-order valence-electron chi connectivity index (χ2n) is 2.00. The van der Waals surface area contributed by atoms with Gasteiger partial charge in [-0.3, -0.25) is 0 Å². The van der Waals surface area contributed by atoms with Crippen molar-refractivity contribution in [3.05, 3.63) is 22.2 Å². The highest BCUT2D eigenvalue weighted by Gasteiger charge is 2.16. The summed E-state index contributed by atoms with van der Waals surface area (Å²) in [5.41, 5.74) is 0.939. The van der Waals surface area contributed by atoms with E-state index in [1.54, 1.807) is 21.8 Å². The van der Waals surface area contributed by atoms with Gasteiger partial charge in [0.25, 0.3) is 0 Å². The summed E-state index contributed by atoms with van der Waals surface area (Å²) in [5, 5.41) is 1.21. The van der Waals surface area contributed by atoms with E-state index in [0.717, 1.165) is 10.6 Å². The minimum Gasteiger partial charge on any atom is -0.318 e. The van der Waals surface area contributed by atoms with Crippen molar-refractivity contribution in [1.29, 1.82) is 0 Å². The molecular weight excluding hydrogens is 221 g/mol. The molecule has 1 heterocycles. The maximum atomic E-state index is 5.92. The number of fused-ring (bicyclic) bond motifs is 1. The van der Waals surface area contributed by atoms with Crippen LogP contribution in [0.4, 0.5) is 5.69 Å². The van der Waals surface area contributed by atoms with E-state index in [-0.39, 0.29) is 0 Å². The molecule has 0 aromatic heterocycles. The lowest BCUT2D eigenvalue weighted by Gasteiger charge is -2.00. The minimum absolute atomic E-state index is 0.598. The lowest BCUT2D eigenvalue weighted by Crippen LogP contribution is -1.80. The van der Waals surface area contributed by atoms with Crippen molar-refractivity contribution in [3.8, 4) is 0 Å². The van der Waals surface area contributed by atoms with E-state index in [1.807, 2.05) is 12.1 Å². The van der Waals surface area contributed by atoms with Crippen molar-refractivity contribution >= 4 is 50.7 Å². The molecule has 0 spiro atoms. The average Bonchev–Trinajstić information content (AvgIpc) is 2.45. The maximum Gasteiger partial charge on any atom is 0.0844 e. The number of rotatable bonds is 0. The Kier molecular flexibility index (Phi) is 2.14. The Bertz CT molecular complexity index is 303. The van der Waals surface area contributed by atoms with E-state index in [2.05, 4.69) is 4.72 Å². The van der Waals surface area contributed by atoms with Gasteiger partial charge < -0.3 is 4.72 Å². The number of halogens is 2. The normalized spacial score (nSPS) is 14.4.